The lowest BCUT2D eigenvalue weighted by Gasteiger charge is -2.15. The van der Waals surface area contributed by atoms with Gasteiger partial charge in [-0.1, -0.05) is 59.0 Å². The lowest BCUT2D eigenvalue weighted by Crippen LogP contribution is -2.35. The fraction of sp³-hybridized carbons (Fsp3) is 0.250. The molecule has 0 aromatic heterocycles. The summed E-state index contributed by atoms with van der Waals surface area (Å²) in [6, 6.07) is 9.53. The van der Waals surface area contributed by atoms with Gasteiger partial charge in [0, 0.05) is 4.43 Å². The maximum absolute atomic E-state index is 11.5. The second kappa shape index (κ2) is 5.42. The molecule has 80 valence electrons. The van der Waals surface area contributed by atoms with Crippen LogP contribution in [-0.4, -0.2) is 20.9 Å². The molecule has 2 nitrogen and oxygen atoms in total. The molecular weight excluding hydrogens is 303 g/mol. The maximum atomic E-state index is 11.5. The number of carbonyl (C=O) groups is 1. The number of benzene rings is 1. The number of halogens is 1. The van der Waals surface area contributed by atoms with Crippen molar-refractivity contribution < 1.29 is 9.90 Å². The number of rotatable bonds is 4. The molecule has 1 aromatic rings. The van der Waals surface area contributed by atoms with Crippen LogP contribution in [-0.2, 0) is 4.79 Å². The van der Waals surface area contributed by atoms with Crippen LogP contribution in [0.15, 0.2) is 36.4 Å². The summed E-state index contributed by atoms with van der Waals surface area (Å²) in [6.07, 6.45) is 3.14. The summed E-state index contributed by atoms with van der Waals surface area (Å²) in [5.41, 5.74) is -0.304. The van der Waals surface area contributed by atoms with Crippen LogP contribution >= 0.6 is 22.6 Å². The van der Waals surface area contributed by atoms with E-state index in [0.29, 0.717) is 4.43 Å². The first-order chi connectivity index (χ1) is 7.06. The third-order valence-electron chi connectivity index (χ3n) is 2.02. The lowest BCUT2D eigenvalue weighted by molar-refractivity contribution is -0.128. The van der Waals surface area contributed by atoms with E-state index in [4.69, 9.17) is 0 Å². The molecule has 15 heavy (non-hydrogen) atoms. The summed E-state index contributed by atoms with van der Waals surface area (Å²) in [4.78, 5) is 11.5. The molecule has 0 fully saturated rings. The van der Waals surface area contributed by atoms with E-state index in [1.54, 1.807) is 6.08 Å². The van der Waals surface area contributed by atoms with Crippen LogP contribution in [0.5, 0.6) is 0 Å². The summed E-state index contributed by atoms with van der Waals surface area (Å²) < 4.78 is 0.392. The molecule has 0 aliphatic rings. The smallest absolute Gasteiger partial charge is 0.187 e. The lowest BCUT2D eigenvalue weighted by atomic mass is 10.0. The van der Waals surface area contributed by atoms with Gasteiger partial charge in [-0.05, 0) is 18.6 Å². The van der Waals surface area contributed by atoms with Gasteiger partial charge in [-0.25, -0.2) is 0 Å². The van der Waals surface area contributed by atoms with Crippen LogP contribution < -0.4 is 0 Å². The summed E-state index contributed by atoms with van der Waals surface area (Å²) in [7, 11) is 0. The van der Waals surface area contributed by atoms with Crippen molar-refractivity contribution in [2.24, 2.45) is 0 Å². The third kappa shape index (κ3) is 3.76. The molecule has 0 bridgehead atoms. The number of hydrogen-bond acceptors (Lipinski definition) is 2. The number of aliphatic hydroxyl groups is 1. The van der Waals surface area contributed by atoms with Crippen molar-refractivity contribution in [3.05, 3.63) is 42.0 Å². The van der Waals surface area contributed by atoms with E-state index in [-0.39, 0.29) is 5.78 Å². The highest BCUT2D eigenvalue weighted by Gasteiger charge is 2.25. The van der Waals surface area contributed by atoms with Crippen molar-refractivity contribution in [1.82, 2.24) is 0 Å². The Hall–Kier alpha value is -0.680. The van der Waals surface area contributed by atoms with Gasteiger partial charge in [0.25, 0.3) is 0 Å². The van der Waals surface area contributed by atoms with Gasteiger partial charge in [0.2, 0.25) is 0 Å². The van der Waals surface area contributed by atoms with Gasteiger partial charge in [-0.2, -0.15) is 0 Å². The van der Waals surface area contributed by atoms with Crippen LogP contribution in [0.1, 0.15) is 12.5 Å². The van der Waals surface area contributed by atoms with E-state index >= 15 is 0 Å². The second-order valence-electron chi connectivity index (χ2n) is 3.52. The Balaban J connectivity index is 2.71. The Kier molecular flexibility index (Phi) is 4.47. The molecule has 0 amide bonds. The van der Waals surface area contributed by atoms with Crippen LogP contribution in [0, 0.1) is 0 Å². The fourth-order valence-corrected chi connectivity index (χ4v) is 1.36. The van der Waals surface area contributed by atoms with Crippen LogP contribution in [0.3, 0.4) is 0 Å². The van der Waals surface area contributed by atoms with Gasteiger partial charge in [-0.3, -0.25) is 4.79 Å². The molecule has 1 aromatic carbocycles. The highest BCUT2D eigenvalue weighted by molar-refractivity contribution is 14.1. The summed E-state index contributed by atoms with van der Waals surface area (Å²) >= 11 is 2.00. The van der Waals surface area contributed by atoms with Crippen molar-refractivity contribution in [2.45, 2.75) is 12.5 Å². The highest BCUT2D eigenvalue weighted by atomic mass is 127. The van der Waals surface area contributed by atoms with Crippen LogP contribution in [0.25, 0.3) is 6.08 Å². The summed E-state index contributed by atoms with van der Waals surface area (Å²) in [5.74, 6) is -0.263. The standard InChI is InChI=1S/C12H13IO2/c1-12(15,9-13)11(14)8-7-10-5-3-2-4-6-10/h2-8,15H,9H2,1H3. The van der Waals surface area contributed by atoms with Crippen molar-refractivity contribution in [1.29, 1.82) is 0 Å². The van der Waals surface area contributed by atoms with Crippen molar-refractivity contribution in [3.63, 3.8) is 0 Å². The fourth-order valence-electron chi connectivity index (χ4n) is 0.981. The number of alkyl halides is 1. The molecule has 0 aliphatic carbocycles. The molecule has 0 saturated carbocycles. The molecule has 0 radical (unpaired) electrons. The topological polar surface area (TPSA) is 37.3 Å². The zero-order chi connectivity index (χ0) is 11.3. The van der Waals surface area contributed by atoms with Crippen LogP contribution in [0.2, 0.25) is 0 Å². The predicted octanol–water partition coefficient (Wildman–Crippen LogP) is 2.45. The average molecular weight is 316 g/mol. The van der Waals surface area contributed by atoms with E-state index in [1.807, 2.05) is 52.9 Å². The zero-order valence-corrected chi connectivity index (χ0v) is 10.6. The Labute approximate surface area is 103 Å². The molecular formula is C12H13IO2. The monoisotopic (exact) mass is 316 g/mol. The molecule has 3 heteroatoms. The largest absolute Gasteiger partial charge is 0.381 e. The third-order valence-corrected chi connectivity index (χ3v) is 3.50. The number of hydrogen-bond donors (Lipinski definition) is 1. The Morgan fingerprint density at radius 2 is 2.07 bits per heavy atom. The minimum Gasteiger partial charge on any atom is -0.381 e. The predicted molar refractivity (Wildman–Crippen MR) is 70.0 cm³/mol. The van der Waals surface area contributed by atoms with Gasteiger partial charge in [0.15, 0.2) is 5.78 Å². The van der Waals surface area contributed by atoms with Crippen molar-refractivity contribution in [3.8, 4) is 0 Å². The molecule has 0 aliphatic heterocycles. The summed E-state index contributed by atoms with van der Waals surface area (Å²) in [5, 5.41) is 9.66. The molecule has 0 heterocycles. The number of carbonyl (C=O) groups excluding carboxylic acids is 1. The van der Waals surface area contributed by atoms with Crippen molar-refractivity contribution in [2.75, 3.05) is 4.43 Å². The highest BCUT2D eigenvalue weighted by Crippen LogP contribution is 2.11. The number of ketones is 1. The van der Waals surface area contributed by atoms with E-state index in [0.717, 1.165) is 5.56 Å². The van der Waals surface area contributed by atoms with Crippen molar-refractivity contribution >= 4 is 34.5 Å². The minimum absolute atomic E-state index is 0.263. The van der Waals surface area contributed by atoms with E-state index in [2.05, 4.69) is 0 Å². The molecule has 1 N–H and O–H groups in total. The van der Waals surface area contributed by atoms with Gasteiger partial charge in [0.05, 0.1) is 0 Å². The first-order valence-electron chi connectivity index (χ1n) is 4.62. The normalized spacial score (nSPS) is 15.1. The molecule has 1 unspecified atom stereocenters. The van der Waals surface area contributed by atoms with Gasteiger partial charge < -0.3 is 5.11 Å². The molecule has 1 atom stereocenters. The Morgan fingerprint density at radius 3 is 2.60 bits per heavy atom. The summed E-state index contributed by atoms with van der Waals surface area (Å²) in [6.45, 7) is 1.52. The van der Waals surface area contributed by atoms with E-state index in [1.165, 1.54) is 13.0 Å². The zero-order valence-electron chi connectivity index (χ0n) is 8.48. The first-order valence-corrected chi connectivity index (χ1v) is 6.15. The second-order valence-corrected chi connectivity index (χ2v) is 4.28. The SMILES string of the molecule is CC(O)(CI)C(=O)C=Cc1ccccc1. The van der Waals surface area contributed by atoms with Gasteiger partial charge >= 0.3 is 0 Å². The van der Waals surface area contributed by atoms with Crippen LogP contribution in [0.4, 0.5) is 0 Å². The van der Waals surface area contributed by atoms with E-state index in [9.17, 15) is 9.90 Å². The molecule has 0 saturated heterocycles. The molecule has 1 rings (SSSR count). The first kappa shape index (κ1) is 12.4. The average Bonchev–Trinajstić information content (AvgIpc) is 2.27. The minimum atomic E-state index is -1.26. The Bertz CT molecular complexity index is 355. The maximum Gasteiger partial charge on any atom is 0.187 e. The van der Waals surface area contributed by atoms with E-state index < -0.39 is 5.60 Å². The van der Waals surface area contributed by atoms with Gasteiger partial charge in [0.1, 0.15) is 5.60 Å². The quantitative estimate of drug-likeness (QED) is 0.526. The van der Waals surface area contributed by atoms with Gasteiger partial charge in [-0.15, -0.1) is 0 Å². The Morgan fingerprint density at radius 1 is 1.47 bits per heavy atom. The molecule has 0 spiro atoms.